The molecule has 1 rings (SSSR count). The first-order valence-corrected chi connectivity index (χ1v) is 5.93. The SMILES string of the molecule is CC(C)(N)C(CC(=O)O)c1cc(Cl)ccc1Cl. The van der Waals surface area contributed by atoms with Crippen LogP contribution in [0, 0.1) is 0 Å². The van der Waals surface area contributed by atoms with E-state index in [1.54, 1.807) is 32.0 Å². The van der Waals surface area contributed by atoms with Gasteiger partial charge in [0.25, 0.3) is 0 Å². The molecule has 3 nitrogen and oxygen atoms in total. The van der Waals surface area contributed by atoms with Crippen LogP contribution in [0.3, 0.4) is 0 Å². The van der Waals surface area contributed by atoms with Crippen molar-refractivity contribution >= 4 is 29.2 Å². The van der Waals surface area contributed by atoms with E-state index in [1.807, 2.05) is 0 Å². The number of hydrogen-bond acceptors (Lipinski definition) is 2. The summed E-state index contributed by atoms with van der Waals surface area (Å²) in [5, 5.41) is 9.94. The predicted octanol–water partition coefficient (Wildman–Crippen LogP) is 3.29. The number of carboxylic acids is 1. The van der Waals surface area contributed by atoms with Crippen molar-refractivity contribution in [2.75, 3.05) is 0 Å². The van der Waals surface area contributed by atoms with Gasteiger partial charge in [-0.3, -0.25) is 4.79 Å². The van der Waals surface area contributed by atoms with Gasteiger partial charge in [0.15, 0.2) is 0 Å². The summed E-state index contributed by atoms with van der Waals surface area (Å²) in [4.78, 5) is 10.9. The maximum Gasteiger partial charge on any atom is 0.304 e. The Kier molecular flexibility index (Phi) is 4.42. The van der Waals surface area contributed by atoms with Gasteiger partial charge >= 0.3 is 5.97 Å². The van der Waals surface area contributed by atoms with Crippen molar-refractivity contribution < 1.29 is 9.90 Å². The normalized spacial score (nSPS) is 13.5. The highest BCUT2D eigenvalue weighted by Gasteiger charge is 2.30. The van der Waals surface area contributed by atoms with Crippen molar-refractivity contribution in [3.05, 3.63) is 33.8 Å². The maximum absolute atomic E-state index is 10.9. The van der Waals surface area contributed by atoms with Crippen LogP contribution in [0.25, 0.3) is 0 Å². The number of carboxylic acid groups (broad SMARTS) is 1. The minimum absolute atomic E-state index is 0.0798. The fraction of sp³-hybridized carbons (Fsp3) is 0.417. The highest BCUT2D eigenvalue weighted by Crippen LogP contribution is 2.35. The Morgan fingerprint density at radius 2 is 2.06 bits per heavy atom. The van der Waals surface area contributed by atoms with E-state index in [1.165, 1.54) is 0 Å². The molecule has 5 heteroatoms. The van der Waals surface area contributed by atoms with Crippen molar-refractivity contribution in [3.8, 4) is 0 Å². The van der Waals surface area contributed by atoms with Crippen LogP contribution in [0.2, 0.25) is 10.0 Å². The molecular formula is C12H15Cl2NO2. The van der Waals surface area contributed by atoms with Crippen molar-refractivity contribution in [2.45, 2.75) is 31.7 Å². The van der Waals surface area contributed by atoms with E-state index in [-0.39, 0.29) is 12.3 Å². The molecule has 0 aromatic heterocycles. The molecule has 1 aromatic rings. The number of carbonyl (C=O) groups is 1. The number of aliphatic carboxylic acids is 1. The zero-order chi connectivity index (χ0) is 13.2. The molecule has 0 saturated carbocycles. The predicted molar refractivity (Wildman–Crippen MR) is 69.7 cm³/mol. The van der Waals surface area contributed by atoms with Gasteiger partial charge in [0.1, 0.15) is 0 Å². The van der Waals surface area contributed by atoms with Crippen molar-refractivity contribution in [1.29, 1.82) is 0 Å². The number of rotatable bonds is 4. The molecule has 17 heavy (non-hydrogen) atoms. The van der Waals surface area contributed by atoms with Crippen LogP contribution in [0.5, 0.6) is 0 Å². The van der Waals surface area contributed by atoms with Crippen LogP contribution in [0.4, 0.5) is 0 Å². The number of halogens is 2. The topological polar surface area (TPSA) is 63.3 Å². The van der Waals surface area contributed by atoms with Gasteiger partial charge in [-0.1, -0.05) is 23.2 Å². The molecule has 0 saturated heterocycles. The lowest BCUT2D eigenvalue weighted by atomic mass is 9.80. The van der Waals surface area contributed by atoms with E-state index in [4.69, 9.17) is 34.0 Å². The second kappa shape index (κ2) is 5.25. The molecule has 0 aliphatic carbocycles. The molecule has 0 heterocycles. The van der Waals surface area contributed by atoms with Gasteiger partial charge in [-0.25, -0.2) is 0 Å². The fourth-order valence-corrected chi connectivity index (χ4v) is 2.16. The van der Waals surface area contributed by atoms with E-state index in [0.717, 1.165) is 0 Å². The molecule has 0 fully saturated rings. The smallest absolute Gasteiger partial charge is 0.304 e. The molecule has 1 atom stereocenters. The lowest BCUT2D eigenvalue weighted by Gasteiger charge is -2.30. The molecule has 0 spiro atoms. The molecule has 0 aliphatic rings. The highest BCUT2D eigenvalue weighted by molar-refractivity contribution is 6.33. The molecule has 0 bridgehead atoms. The molecule has 3 N–H and O–H groups in total. The number of hydrogen-bond donors (Lipinski definition) is 2. The van der Waals surface area contributed by atoms with E-state index in [2.05, 4.69) is 0 Å². The average Bonchev–Trinajstić information content (AvgIpc) is 2.16. The molecule has 0 radical (unpaired) electrons. The first-order valence-electron chi connectivity index (χ1n) is 5.17. The van der Waals surface area contributed by atoms with Crippen molar-refractivity contribution in [2.24, 2.45) is 5.73 Å². The average molecular weight is 276 g/mol. The van der Waals surface area contributed by atoms with Gasteiger partial charge in [0.05, 0.1) is 6.42 Å². The van der Waals surface area contributed by atoms with Crippen LogP contribution in [0.15, 0.2) is 18.2 Å². The van der Waals surface area contributed by atoms with Crippen molar-refractivity contribution in [1.82, 2.24) is 0 Å². The largest absolute Gasteiger partial charge is 0.481 e. The third kappa shape index (κ3) is 3.87. The van der Waals surface area contributed by atoms with E-state index >= 15 is 0 Å². The number of nitrogens with two attached hydrogens (primary N) is 1. The van der Waals surface area contributed by atoms with Gasteiger partial charge in [0, 0.05) is 21.5 Å². The van der Waals surface area contributed by atoms with Gasteiger partial charge in [-0.15, -0.1) is 0 Å². The zero-order valence-corrected chi connectivity index (χ0v) is 11.2. The lowest BCUT2D eigenvalue weighted by molar-refractivity contribution is -0.137. The van der Waals surface area contributed by atoms with Gasteiger partial charge < -0.3 is 10.8 Å². The Bertz CT molecular complexity index is 427. The highest BCUT2D eigenvalue weighted by atomic mass is 35.5. The summed E-state index contributed by atoms with van der Waals surface area (Å²) >= 11 is 12.0. The first kappa shape index (κ1) is 14.3. The third-order valence-corrected chi connectivity index (χ3v) is 3.19. The standard InChI is InChI=1S/C12H15Cl2NO2/c1-12(2,15)9(6-11(16)17)8-5-7(13)3-4-10(8)14/h3-5,9H,6,15H2,1-2H3,(H,16,17). The summed E-state index contributed by atoms with van der Waals surface area (Å²) in [5.41, 5.74) is 6.00. The lowest BCUT2D eigenvalue weighted by Crippen LogP contribution is -2.40. The van der Waals surface area contributed by atoms with Crippen LogP contribution >= 0.6 is 23.2 Å². The third-order valence-electron chi connectivity index (χ3n) is 2.61. The van der Waals surface area contributed by atoms with Crippen LogP contribution in [-0.4, -0.2) is 16.6 Å². The van der Waals surface area contributed by atoms with E-state index in [9.17, 15) is 4.79 Å². The first-order chi connectivity index (χ1) is 7.71. The molecule has 0 aliphatic heterocycles. The van der Waals surface area contributed by atoms with Crippen LogP contribution in [0.1, 0.15) is 31.7 Å². The monoisotopic (exact) mass is 275 g/mol. The van der Waals surface area contributed by atoms with E-state index in [0.29, 0.717) is 15.6 Å². The minimum Gasteiger partial charge on any atom is -0.481 e. The Morgan fingerprint density at radius 3 is 2.53 bits per heavy atom. The molecule has 1 unspecified atom stereocenters. The Balaban J connectivity index is 3.21. The van der Waals surface area contributed by atoms with Crippen LogP contribution < -0.4 is 5.73 Å². The fourth-order valence-electron chi connectivity index (χ4n) is 1.73. The zero-order valence-electron chi connectivity index (χ0n) is 9.71. The quantitative estimate of drug-likeness (QED) is 0.886. The van der Waals surface area contributed by atoms with Gasteiger partial charge in [-0.05, 0) is 37.6 Å². The van der Waals surface area contributed by atoms with Crippen LogP contribution in [-0.2, 0) is 4.79 Å². The maximum atomic E-state index is 10.9. The second-order valence-electron chi connectivity index (χ2n) is 4.64. The second-order valence-corrected chi connectivity index (χ2v) is 5.48. The summed E-state index contributed by atoms with van der Waals surface area (Å²) in [6.45, 7) is 3.55. The summed E-state index contributed by atoms with van der Waals surface area (Å²) in [7, 11) is 0. The summed E-state index contributed by atoms with van der Waals surface area (Å²) in [6.07, 6.45) is -0.0798. The van der Waals surface area contributed by atoms with Crippen molar-refractivity contribution in [3.63, 3.8) is 0 Å². The molecule has 1 aromatic carbocycles. The summed E-state index contributed by atoms with van der Waals surface area (Å²) in [5.74, 6) is -1.30. The Labute approximate surface area is 111 Å². The Hall–Kier alpha value is -0.770. The molecule has 94 valence electrons. The Morgan fingerprint density at radius 1 is 1.47 bits per heavy atom. The molecular weight excluding hydrogens is 261 g/mol. The summed E-state index contributed by atoms with van der Waals surface area (Å²) < 4.78 is 0. The number of benzene rings is 1. The van der Waals surface area contributed by atoms with E-state index < -0.39 is 11.5 Å². The van der Waals surface area contributed by atoms with Gasteiger partial charge in [0.2, 0.25) is 0 Å². The minimum atomic E-state index is -0.912. The molecule has 0 amide bonds. The summed E-state index contributed by atoms with van der Waals surface area (Å²) in [6, 6.07) is 4.99. The van der Waals surface area contributed by atoms with Gasteiger partial charge in [-0.2, -0.15) is 0 Å².